The summed E-state index contributed by atoms with van der Waals surface area (Å²) in [6, 6.07) is 10.6. The quantitative estimate of drug-likeness (QED) is 0.422. The molecule has 204 valence electrons. The Bertz CT molecular complexity index is 1470. The zero-order chi connectivity index (χ0) is 27.9. The van der Waals surface area contributed by atoms with Crippen LogP contribution in [0, 0.1) is 11.3 Å². The maximum Gasteiger partial charge on any atom is 0.302 e. The van der Waals surface area contributed by atoms with Crippen molar-refractivity contribution in [3.63, 3.8) is 0 Å². The van der Waals surface area contributed by atoms with Gasteiger partial charge in [-0.3, -0.25) is 9.10 Å². The van der Waals surface area contributed by atoms with E-state index in [0.29, 0.717) is 30.8 Å². The van der Waals surface area contributed by atoms with Gasteiger partial charge >= 0.3 is 5.92 Å². The Morgan fingerprint density at radius 2 is 1.84 bits per heavy atom. The van der Waals surface area contributed by atoms with Crippen LogP contribution in [-0.2, 0) is 32.0 Å². The Labute approximate surface area is 221 Å². The summed E-state index contributed by atoms with van der Waals surface area (Å²) in [4.78, 5) is 16.4. The Hall–Kier alpha value is -3.47. The van der Waals surface area contributed by atoms with Gasteiger partial charge < -0.3 is 14.6 Å². The lowest BCUT2D eigenvalue weighted by atomic mass is 9.95. The van der Waals surface area contributed by atoms with Gasteiger partial charge in [0, 0.05) is 37.5 Å². The number of ether oxygens (including phenoxy) is 1. The first-order valence-electron chi connectivity index (χ1n) is 12.3. The van der Waals surface area contributed by atoms with E-state index in [1.54, 1.807) is 39.2 Å². The van der Waals surface area contributed by atoms with Crippen molar-refractivity contribution in [1.82, 2.24) is 9.55 Å². The second-order valence-electron chi connectivity index (χ2n) is 10.6. The van der Waals surface area contributed by atoms with E-state index in [-0.39, 0.29) is 33.7 Å². The van der Waals surface area contributed by atoms with E-state index >= 15 is 0 Å². The van der Waals surface area contributed by atoms with Gasteiger partial charge in [0.15, 0.2) is 5.82 Å². The Kier molecular flexibility index (Phi) is 7.26. The molecule has 2 heterocycles. The molecule has 0 aliphatic carbocycles. The number of anilines is 2. The summed E-state index contributed by atoms with van der Waals surface area (Å²) in [5.74, 6) is -3.73. The normalized spacial score (nSPS) is 16.3. The van der Waals surface area contributed by atoms with Crippen LogP contribution in [0.25, 0.3) is 11.0 Å². The van der Waals surface area contributed by atoms with E-state index in [1.165, 1.54) is 41.9 Å². The molecule has 0 saturated carbocycles. The number of carbonyl (C=O) groups excluding carboxylic acids is 1. The van der Waals surface area contributed by atoms with Gasteiger partial charge in [-0.05, 0) is 55.0 Å². The number of nitrogens with zero attached hydrogens (tertiary/aromatic N) is 3. The summed E-state index contributed by atoms with van der Waals surface area (Å²) < 4.78 is 63.4. The molecule has 0 saturated heterocycles. The largest absolute Gasteiger partial charge is 0.501 e. The van der Waals surface area contributed by atoms with E-state index in [9.17, 15) is 22.0 Å². The molecule has 1 aliphatic rings. The molecule has 1 amide bonds. The first-order valence-corrected chi connectivity index (χ1v) is 13.7. The van der Waals surface area contributed by atoms with Crippen LogP contribution >= 0.6 is 0 Å². The van der Waals surface area contributed by atoms with Crippen LogP contribution in [0.1, 0.15) is 39.9 Å². The molecule has 4 rings (SSSR count). The fourth-order valence-electron chi connectivity index (χ4n) is 4.10. The van der Waals surface area contributed by atoms with Crippen molar-refractivity contribution in [3.8, 4) is 0 Å². The Balaban J connectivity index is 1.63. The molecule has 1 aromatic heterocycles. The van der Waals surface area contributed by atoms with Crippen LogP contribution in [0.4, 0.5) is 20.2 Å². The highest BCUT2D eigenvalue weighted by Crippen LogP contribution is 2.33. The third-order valence-corrected chi connectivity index (χ3v) is 8.21. The van der Waals surface area contributed by atoms with Crippen molar-refractivity contribution >= 4 is 38.3 Å². The lowest BCUT2D eigenvalue weighted by Crippen LogP contribution is -2.28. The molecule has 11 heteroatoms. The van der Waals surface area contributed by atoms with Crippen LogP contribution in [0.5, 0.6) is 0 Å². The van der Waals surface area contributed by atoms with Gasteiger partial charge in [0.1, 0.15) is 0 Å². The fourth-order valence-corrected chi connectivity index (χ4v) is 5.28. The third kappa shape index (κ3) is 5.67. The molecular weight excluding hydrogens is 514 g/mol. The van der Waals surface area contributed by atoms with Crippen molar-refractivity contribution < 1.29 is 26.7 Å². The van der Waals surface area contributed by atoms with Crippen LogP contribution in [0.15, 0.2) is 59.7 Å². The van der Waals surface area contributed by atoms with Gasteiger partial charge in [0.2, 0.25) is 5.91 Å². The van der Waals surface area contributed by atoms with Crippen LogP contribution in [-0.4, -0.2) is 37.5 Å². The molecule has 1 atom stereocenters. The number of amides is 1. The summed E-state index contributed by atoms with van der Waals surface area (Å²) in [6.07, 6.45) is 4.13. The number of aromatic nitrogens is 2. The standard InChI is InChI=1S/C27H32F2N4O4S/c1-26(2,3)25(34)30-19-6-9-21(10-7-19)38(35,36)32(5)20-8-11-23-22(16-20)31-24(27(4,28)29)33(23)17-18-12-14-37-15-13-18/h6-12,14,16,18H,13,15,17H2,1-5H3,(H,30,34). The summed E-state index contributed by atoms with van der Waals surface area (Å²) >= 11 is 0. The van der Waals surface area contributed by atoms with Crippen molar-refractivity contribution in [2.24, 2.45) is 11.3 Å². The second-order valence-corrected chi connectivity index (χ2v) is 12.5. The number of carbonyl (C=O) groups is 1. The van der Waals surface area contributed by atoms with E-state index in [2.05, 4.69) is 10.3 Å². The number of halogens is 2. The number of nitrogens with one attached hydrogen (secondary N) is 1. The molecule has 0 bridgehead atoms. The molecule has 38 heavy (non-hydrogen) atoms. The van der Waals surface area contributed by atoms with Gasteiger partial charge in [-0.1, -0.05) is 20.8 Å². The molecule has 1 N–H and O–H groups in total. The Morgan fingerprint density at radius 3 is 2.42 bits per heavy atom. The molecule has 2 aromatic carbocycles. The van der Waals surface area contributed by atoms with Gasteiger partial charge in [-0.25, -0.2) is 13.4 Å². The maximum atomic E-state index is 14.5. The highest BCUT2D eigenvalue weighted by molar-refractivity contribution is 7.92. The highest BCUT2D eigenvalue weighted by atomic mass is 32.2. The maximum absolute atomic E-state index is 14.5. The van der Waals surface area contributed by atoms with E-state index < -0.39 is 21.4 Å². The average Bonchev–Trinajstić information content (AvgIpc) is 3.22. The SMILES string of the molecule is CN(c1ccc2c(c1)nc(C(C)(F)F)n2CC1C=COCC1)S(=O)(=O)c1ccc(NC(=O)C(C)(C)C)cc1. The van der Waals surface area contributed by atoms with Gasteiger partial charge in [0.25, 0.3) is 10.0 Å². The molecule has 1 unspecified atom stereocenters. The third-order valence-electron chi connectivity index (χ3n) is 6.41. The summed E-state index contributed by atoms with van der Waals surface area (Å²) in [6.45, 7) is 6.96. The molecule has 1 aliphatic heterocycles. The zero-order valence-corrected chi connectivity index (χ0v) is 22.9. The topological polar surface area (TPSA) is 93.5 Å². The minimum atomic E-state index is -3.97. The van der Waals surface area contributed by atoms with Gasteiger partial charge in [-0.2, -0.15) is 8.78 Å². The number of rotatable bonds is 7. The van der Waals surface area contributed by atoms with Crippen molar-refractivity contribution in [2.75, 3.05) is 23.3 Å². The summed E-state index contributed by atoms with van der Waals surface area (Å²) in [7, 11) is -2.58. The monoisotopic (exact) mass is 546 g/mol. The number of hydrogen-bond acceptors (Lipinski definition) is 5. The van der Waals surface area contributed by atoms with Crippen molar-refractivity contribution in [1.29, 1.82) is 0 Å². The number of allylic oxidation sites excluding steroid dienone is 1. The number of imidazole rings is 1. The predicted molar refractivity (Wildman–Crippen MR) is 143 cm³/mol. The molecule has 0 spiro atoms. The van der Waals surface area contributed by atoms with Crippen LogP contribution < -0.4 is 9.62 Å². The lowest BCUT2D eigenvalue weighted by molar-refractivity contribution is -0.123. The highest BCUT2D eigenvalue weighted by Gasteiger charge is 2.33. The fraction of sp³-hybridized carbons (Fsp3) is 0.407. The average molecular weight is 547 g/mol. The smallest absolute Gasteiger partial charge is 0.302 e. The second kappa shape index (κ2) is 10.0. The van der Waals surface area contributed by atoms with Crippen LogP contribution in [0.2, 0.25) is 0 Å². The molecule has 8 nitrogen and oxygen atoms in total. The van der Waals surface area contributed by atoms with Crippen molar-refractivity contribution in [3.05, 3.63) is 60.6 Å². The van der Waals surface area contributed by atoms with Crippen molar-refractivity contribution in [2.45, 2.75) is 51.5 Å². The summed E-state index contributed by atoms with van der Waals surface area (Å²) in [5, 5.41) is 2.76. The molecule has 3 aromatic rings. The Morgan fingerprint density at radius 1 is 1.16 bits per heavy atom. The predicted octanol–water partition coefficient (Wildman–Crippen LogP) is 5.51. The number of alkyl halides is 2. The van der Waals surface area contributed by atoms with Gasteiger partial charge in [0.05, 0.1) is 34.5 Å². The first-order chi connectivity index (χ1) is 17.7. The van der Waals surface area contributed by atoms with E-state index in [0.717, 1.165) is 11.2 Å². The molecule has 0 radical (unpaired) electrons. The summed E-state index contributed by atoms with van der Waals surface area (Å²) in [5.41, 5.74) is 0.932. The number of sulfonamides is 1. The molecule has 0 fully saturated rings. The van der Waals surface area contributed by atoms with Crippen LogP contribution in [0.3, 0.4) is 0 Å². The number of hydrogen-bond donors (Lipinski definition) is 1. The minimum Gasteiger partial charge on any atom is -0.501 e. The first kappa shape index (κ1) is 27.6. The molecular formula is C27H32F2N4O4S. The zero-order valence-electron chi connectivity index (χ0n) is 22.0. The minimum absolute atomic E-state index is 0.0149. The number of fused-ring (bicyclic) bond motifs is 1. The van der Waals surface area contributed by atoms with E-state index in [4.69, 9.17) is 4.74 Å². The number of benzene rings is 2. The van der Waals surface area contributed by atoms with E-state index in [1.807, 2.05) is 6.08 Å². The lowest BCUT2D eigenvalue weighted by Gasteiger charge is -2.21. The van der Waals surface area contributed by atoms with Gasteiger partial charge in [-0.15, -0.1) is 0 Å².